The highest BCUT2D eigenvalue weighted by molar-refractivity contribution is 7.47. The zero-order valence-corrected chi connectivity index (χ0v) is 20.2. The maximum atomic E-state index is 12.2. The van der Waals surface area contributed by atoms with E-state index in [2.05, 4.69) is 13.6 Å². The van der Waals surface area contributed by atoms with Crippen molar-refractivity contribution in [3.63, 3.8) is 0 Å². The molecule has 5 unspecified atom stereocenters. The maximum absolute atomic E-state index is 12.2. The first kappa shape index (κ1) is 29.4. The molecular weight excluding hydrogens is 480 g/mol. The first-order chi connectivity index (χ1) is 14.0. The maximum Gasteiger partial charge on any atom is 0.472 e. The van der Waals surface area contributed by atoms with Crippen LogP contribution in [0.2, 0.25) is 0 Å². The van der Waals surface area contributed by atoms with Crippen LogP contribution in [0, 0.1) is 5.41 Å². The number of ether oxygens (including phenoxy) is 1. The summed E-state index contributed by atoms with van der Waals surface area (Å²) >= 11 is 0. The van der Waals surface area contributed by atoms with E-state index in [1.807, 2.05) is 20.8 Å². The van der Waals surface area contributed by atoms with Gasteiger partial charge in [0.2, 0.25) is 0 Å². The van der Waals surface area contributed by atoms with Crippen molar-refractivity contribution in [2.75, 3.05) is 26.4 Å². The fourth-order valence-electron chi connectivity index (χ4n) is 2.62. The summed E-state index contributed by atoms with van der Waals surface area (Å²) in [4.78, 5) is 36.4. The predicted molar refractivity (Wildman–Crippen MR) is 108 cm³/mol. The van der Waals surface area contributed by atoms with Crippen LogP contribution in [0.1, 0.15) is 40.0 Å². The van der Waals surface area contributed by atoms with Crippen molar-refractivity contribution in [2.45, 2.75) is 58.2 Å². The molecule has 0 aromatic carbocycles. The van der Waals surface area contributed by atoms with Crippen LogP contribution in [0.5, 0.6) is 0 Å². The lowest BCUT2D eigenvalue weighted by atomic mass is 9.85. The SMILES string of the molecule is [B]C1CC(OP(=O)(O)OCCCOP(=O)(O)OCCCOP(=O)(O)O)C(C(C)(C)C)O1. The highest BCUT2D eigenvalue weighted by Crippen LogP contribution is 2.49. The Balaban J connectivity index is 2.28. The molecule has 1 aliphatic heterocycles. The highest BCUT2D eigenvalue weighted by atomic mass is 31.2. The molecule has 1 heterocycles. The van der Waals surface area contributed by atoms with E-state index in [1.165, 1.54) is 0 Å². The molecule has 182 valence electrons. The van der Waals surface area contributed by atoms with Gasteiger partial charge in [-0.05, 0) is 24.7 Å². The molecule has 0 saturated carbocycles. The second-order valence-electron chi connectivity index (χ2n) is 7.81. The van der Waals surface area contributed by atoms with Gasteiger partial charge in [-0.3, -0.25) is 22.6 Å². The third-order valence-corrected chi connectivity index (χ3v) is 6.43. The van der Waals surface area contributed by atoms with Gasteiger partial charge in [-0.2, -0.15) is 0 Å². The largest absolute Gasteiger partial charge is 0.472 e. The molecule has 5 atom stereocenters. The molecule has 0 amide bonds. The van der Waals surface area contributed by atoms with E-state index in [4.69, 9.17) is 31.4 Å². The van der Waals surface area contributed by atoms with Crippen LogP contribution >= 0.6 is 23.5 Å². The average Bonchev–Trinajstić information content (AvgIpc) is 2.92. The van der Waals surface area contributed by atoms with Gasteiger partial charge in [-0.1, -0.05) is 20.8 Å². The minimum atomic E-state index is -4.61. The fourth-order valence-corrected chi connectivity index (χ4v) is 4.74. The summed E-state index contributed by atoms with van der Waals surface area (Å²) in [5.41, 5.74) is -0.378. The number of phosphoric acid groups is 3. The molecule has 1 saturated heterocycles. The number of hydrogen-bond donors (Lipinski definition) is 4. The quantitative estimate of drug-likeness (QED) is 0.151. The van der Waals surface area contributed by atoms with Gasteiger partial charge in [0.05, 0.1) is 38.6 Å². The van der Waals surface area contributed by atoms with Crippen molar-refractivity contribution in [3.05, 3.63) is 0 Å². The van der Waals surface area contributed by atoms with E-state index in [0.717, 1.165) is 0 Å². The molecule has 1 aliphatic rings. The molecule has 0 spiro atoms. The number of phosphoric ester groups is 3. The van der Waals surface area contributed by atoms with Crippen LogP contribution in [0.15, 0.2) is 0 Å². The Morgan fingerprint density at radius 2 is 1.32 bits per heavy atom. The Morgan fingerprint density at radius 1 is 0.871 bits per heavy atom. The minimum Gasteiger partial charge on any atom is -0.381 e. The summed E-state index contributed by atoms with van der Waals surface area (Å²) < 4.78 is 63.3. The molecule has 0 aliphatic carbocycles. The first-order valence-corrected chi connectivity index (χ1v) is 13.9. The summed E-state index contributed by atoms with van der Waals surface area (Å²) in [6, 6.07) is -0.621. The molecule has 13 nitrogen and oxygen atoms in total. The van der Waals surface area contributed by atoms with Gasteiger partial charge in [0.25, 0.3) is 0 Å². The van der Waals surface area contributed by atoms with Crippen LogP contribution in [0.3, 0.4) is 0 Å². The highest BCUT2D eigenvalue weighted by Gasteiger charge is 2.44. The Kier molecular flexibility index (Phi) is 11.5. The lowest BCUT2D eigenvalue weighted by Gasteiger charge is -2.31. The van der Waals surface area contributed by atoms with Crippen molar-refractivity contribution in [1.29, 1.82) is 0 Å². The first-order valence-electron chi connectivity index (χ1n) is 9.39. The summed E-state index contributed by atoms with van der Waals surface area (Å²) in [7, 11) is -7.70. The van der Waals surface area contributed by atoms with Crippen LogP contribution in [0.25, 0.3) is 0 Å². The van der Waals surface area contributed by atoms with Crippen molar-refractivity contribution in [2.24, 2.45) is 5.41 Å². The zero-order chi connectivity index (χ0) is 23.9. The van der Waals surface area contributed by atoms with Crippen molar-refractivity contribution in [3.8, 4) is 0 Å². The Morgan fingerprint density at radius 3 is 1.77 bits per heavy atom. The Bertz CT molecular complexity index is 693. The summed E-state index contributed by atoms with van der Waals surface area (Å²) in [5.74, 6) is 0. The second kappa shape index (κ2) is 12.2. The van der Waals surface area contributed by atoms with Gasteiger partial charge in [0.1, 0.15) is 7.85 Å². The molecule has 1 rings (SSSR count). The van der Waals surface area contributed by atoms with E-state index in [0.29, 0.717) is 0 Å². The van der Waals surface area contributed by atoms with E-state index < -0.39 is 41.7 Å². The minimum absolute atomic E-state index is 0.0213. The van der Waals surface area contributed by atoms with E-state index in [-0.39, 0.29) is 51.1 Å². The lowest BCUT2D eigenvalue weighted by Crippen LogP contribution is -2.36. The van der Waals surface area contributed by atoms with Gasteiger partial charge in [0, 0.05) is 6.00 Å². The van der Waals surface area contributed by atoms with Crippen molar-refractivity contribution >= 4 is 31.3 Å². The molecule has 1 fully saturated rings. The number of hydrogen-bond acceptors (Lipinski definition) is 9. The smallest absolute Gasteiger partial charge is 0.381 e. The van der Waals surface area contributed by atoms with Gasteiger partial charge in [0.15, 0.2) is 0 Å². The van der Waals surface area contributed by atoms with Gasteiger partial charge in [-0.15, -0.1) is 0 Å². The molecule has 17 heteroatoms. The topological polar surface area (TPSA) is 188 Å². The van der Waals surface area contributed by atoms with E-state index in [1.54, 1.807) is 0 Å². The van der Waals surface area contributed by atoms with E-state index in [9.17, 15) is 23.5 Å². The zero-order valence-electron chi connectivity index (χ0n) is 17.6. The summed E-state index contributed by atoms with van der Waals surface area (Å²) in [6.45, 7) is 4.30. The molecule has 31 heavy (non-hydrogen) atoms. The monoisotopic (exact) mass is 510 g/mol. The number of rotatable bonds is 14. The molecule has 0 aromatic rings. The van der Waals surface area contributed by atoms with Crippen LogP contribution in [-0.4, -0.2) is 72.1 Å². The Labute approximate surface area is 182 Å². The second-order valence-corrected chi connectivity index (χ2v) is 11.9. The van der Waals surface area contributed by atoms with Crippen LogP contribution in [-0.2, 0) is 41.1 Å². The van der Waals surface area contributed by atoms with Gasteiger partial charge < -0.3 is 24.3 Å². The predicted octanol–water partition coefficient (Wildman–Crippen LogP) is 1.84. The van der Waals surface area contributed by atoms with Crippen molar-refractivity contribution in [1.82, 2.24) is 0 Å². The lowest BCUT2D eigenvalue weighted by molar-refractivity contribution is -0.0366. The summed E-state index contributed by atoms with van der Waals surface area (Å²) in [5, 5.41) is 0. The van der Waals surface area contributed by atoms with Gasteiger partial charge in [-0.25, -0.2) is 13.7 Å². The molecule has 0 aromatic heterocycles. The third kappa shape index (κ3) is 13.0. The average molecular weight is 510 g/mol. The summed E-state index contributed by atoms with van der Waals surface area (Å²) in [6.07, 6.45) is -1.09. The normalized spacial score (nSPS) is 26.5. The Hall–Kier alpha value is 0.355. The standard InChI is InChI=1S/C14H30BO13P3/c1-14(2,3)13-11(10-12(15)27-13)28-31(21,22)26-9-5-8-25-30(19,20)24-7-4-6-23-29(16,17)18/h11-13H,4-10H2,1-3H3,(H,19,20)(H,21,22)(H2,16,17,18). The fraction of sp³-hybridized carbons (Fsp3) is 1.00. The van der Waals surface area contributed by atoms with Gasteiger partial charge >= 0.3 is 23.5 Å². The van der Waals surface area contributed by atoms with Crippen LogP contribution in [0.4, 0.5) is 0 Å². The molecule has 4 N–H and O–H groups in total. The molecule has 0 bridgehead atoms. The van der Waals surface area contributed by atoms with Crippen LogP contribution < -0.4 is 0 Å². The third-order valence-electron chi connectivity index (χ3n) is 3.85. The molecule has 2 radical (unpaired) electrons. The molecular formula is C14H30BO13P3. The van der Waals surface area contributed by atoms with E-state index >= 15 is 0 Å². The van der Waals surface area contributed by atoms with Crippen molar-refractivity contribution < 1.29 is 60.6 Å².